The molecule has 3 heteroatoms. The molecule has 0 aromatic carbocycles. The minimum Gasteiger partial charge on any atom is -0.468 e. The van der Waals surface area contributed by atoms with Crippen LogP contribution in [-0.4, -0.2) is 24.0 Å². The lowest BCUT2D eigenvalue weighted by Gasteiger charge is -2.42. The summed E-state index contributed by atoms with van der Waals surface area (Å²) in [7, 11) is 2.21. The smallest absolute Gasteiger partial charge is 0.122 e. The molecule has 1 aromatic rings. The molecule has 2 atom stereocenters. The fraction of sp³-hybridized carbons (Fsp3) is 0.765. The Bertz CT molecular complexity index is 389. The van der Waals surface area contributed by atoms with E-state index in [-0.39, 0.29) is 12.1 Å². The molecule has 3 nitrogen and oxygen atoms in total. The highest BCUT2D eigenvalue weighted by atomic mass is 16.3. The van der Waals surface area contributed by atoms with Crippen molar-refractivity contribution in [2.24, 2.45) is 11.1 Å². The van der Waals surface area contributed by atoms with E-state index < -0.39 is 0 Å². The molecule has 0 aliphatic heterocycles. The minimum atomic E-state index is 0.126. The lowest BCUT2D eigenvalue weighted by molar-refractivity contribution is 0.0731. The Labute approximate surface area is 123 Å². The van der Waals surface area contributed by atoms with Crippen LogP contribution in [0.25, 0.3) is 0 Å². The Kier molecular flexibility index (Phi) is 4.92. The monoisotopic (exact) mass is 278 g/mol. The summed E-state index contributed by atoms with van der Waals surface area (Å²) in [5.74, 6) is 1.01. The van der Waals surface area contributed by atoms with E-state index in [1.54, 1.807) is 6.26 Å². The molecule has 1 heterocycles. The maximum atomic E-state index is 6.37. The Morgan fingerprint density at radius 2 is 2.05 bits per heavy atom. The van der Waals surface area contributed by atoms with Crippen molar-refractivity contribution in [3.63, 3.8) is 0 Å². The molecule has 114 valence electrons. The number of nitrogens with zero attached hydrogens (tertiary/aromatic N) is 1. The van der Waals surface area contributed by atoms with E-state index in [0.29, 0.717) is 11.5 Å². The van der Waals surface area contributed by atoms with Gasteiger partial charge in [-0.3, -0.25) is 4.90 Å². The second-order valence-corrected chi connectivity index (χ2v) is 7.09. The molecule has 2 rings (SSSR count). The van der Waals surface area contributed by atoms with Gasteiger partial charge < -0.3 is 10.2 Å². The molecular weight excluding hydrogens is 248 g/mol. The average Bonchev–Trinajstić information content (AvgIpc) is 2.92. The molecule has 1 fully saturated rings. The van der Waals surface area contributed by atoms with E-state index in [1.807, 2.05) is 6.07 Å². The van der Waals surface area contributed by atoms with Gasteiger partial charge in [0.1, 0.15) is 5.76 Å². The van der Waals surface area contributed by atoms with E-state index in [1.165, 1.54) is 25.7 Å². The van der Waals surface area contributed by atoms with Crippen molar-refractivity contribution in [1.29, 1.82) is 0 Å². The molecule has 1 aromatic heterocycles. The van der Waals surface area contributed by atoms with Gasteiger partial charge in [-0.05, 0) is 56.7 Å². The van der Waals surface area contributed by atoms with Gasteiger partial charge in [-0.15, -0.1) is 0 Å². The van der Waals surface area contributed by atoms with E-state index in [9.17, 15) is 0 Å². The van der Waals surface area contributed by atoms with Gasteiger partial charge in [0, 0.05) is 12.1 Å². The van der Waals surface area contributed by atoms with Crippen LogP contribution in [0.2, 0.25) is 0 Å². The van der Waals surface area contributed by atoms with E-state index in [2.05, 4.69) is 38.8 Å². The molecule has 2 N–H and O–H groups in total. The second-order valence-electron chi connectivity index (χ2n) is 7.09. The molecule has 0 bridgehead atoms. The quantitative estimate of drug-likeness (QED) is 0.886. The first kappa shape index (κ1) is 15.6. The Morgan fingerprint density at radius 1 is 1.40 bits per heavy atom. The molecule has 0 radical (unpaired) electrons. The third kappa shape index (κ3) is 3.44. The summed E-state index contributed by atoms with van der Waals surface area (Å²) in [4.78, 5) is 2.46. The van der Waals surface area contributed by atoms with Crippen LogP contribution in [0.4, 0.5) is 0 Å². The maximum absolute atomic E-state index is 6.37. The third-order valence-corrected chi connectivity index (χ3v) is 5.04. The minimum absolute atomic E-state index is 0.126. The highest BCUT2D eigenvalue weighted by Gasteiger charge is 2.34. The summed E-state index contributed by atoms with van der Waals surface area (Å²) in [6.45, 7) is 6.91. The van der Waals surface area contributed by atoms with Crippen LogP contribution in [0.1, 0.15) is 64.7 Å². The van der Waals surface area contributed by atoms with Crippen LogP contribution in [-0.2, 0) is 0 Å². The number of nitrogens with two attached hydrogens (primary N) is 1. The van der Waals surface area contributed by atoms with Crippen LogP contribution >= 0.6 is 0 Å². The summed E-state index contributed by atoms with van der Waals surface area (Å²) in [6, 6.07) is 4.96. The molecular formula is C17H30N2O. The highest BCUT2D eigenvalue weighted by Crippen LogP contribution is 2.39. The number of hydrogen-bond acceptors (Lipinski definition) is 3. The predicted octanol–water partition coefficient (Wildman–Crippen LogP) is 3.96. The number of hydrogen-bond donors (Lipinski definition) is 1. The molecule has 1 aliphatic rings. The first-order valence-corrected chi connectivity index (χ1v) is 7.95. The predicted molar refractivity (Wildman–Crippen MR) is 83.5 cm³/mol. The fourth-order valence-corrected chi connectivity index (χ4v) is 3.41. The highest BCUT2D eigenvalue weighted by molar-refractivity contribution is 5.08. The molecule has 20 heavy (non-hydrogen) atoms. The van der Waals surface area contributed by atoms with Gasteiger partial charge in [-0.1, -0.05) is 20.8 Å². The summed E-state index contributed by atoms with van der Waals surface area (Å²) < 4.78 is 5.65. The maximum Gasteiger partial charge on any atom is 0.122 e. The van der Waals surface area contributed by atoms with Crippen LogP contribution in [0, 0.1) is 5.41 Å². The van der Waals surface area contributed by atoms with Crippen molar-refractivity contribution in [2.75, 3.05) is 7.05 Å². The van der Waals surface area contributed by atoms with Crippen LogP contribution in [0.5, 0.6) is 0 Å². The summed E-state index contributed by atoms with van der Waals surface area (Å²) in [5.41, 5.74) is 6.87. The number of rotatable bonds is 5. The van der Waals surface area contributed by atoms with Crippen molar-refractivity contribution in [3.05, 3.63) is 24.2 Å². The van der Waals surface area contributed by atoms with Crippen molar-refractivity contribution in [2.45, 2.75) is 71.0 Å². The Morgan fingerprint density at radius 3 is 2.55 bits per heavy atom. The van der Waals surface area contributed by atoms with Crippen molar-refractivity contribution < 1.29 is 4.42 Å². The van der Waals surface area contributed by atoms with Crippen molar-refractivity contribution >= 4 is 0 Å². The van der Waals surface area contributed by atoms with Gasteiger partial charge >= 0.3 is 0 Å². The first-order valence-electron chi connectivity index (χ1n) is 7.95. The van der Waals surface area contributed by atoms with Crippen LogP contribution in [0.15, 0.2) is 22.8 Å². The van der Waals surface area contributed by atoms with E-state index in [0.717, 1.165) is 12.2 Å². The standard InChI is InChI=1S/C17H30N2O/c1-5-14(18)16(15-7-6-12-20-15)19(4)13-8-10-17(2,3)11-9-13/h6-7,12-14,16H,5,8-11,18H2,1-4H3. The fourth-order valence-electron chi connectivity index (χ4n) is 3.41. The van der Waals surface area contributed by atoms with Crippen molar-refractivity contribution in [1.82, 2.24) is 4.90 Å². The van der Waals surface area contributed by atoms with Gasteiger partial charge in [0.05, 0.1) is 12.3 Å². The third-order valence-electron chi connectivity index (χ3n) is 5.04. The van der Waals surface area contributed by atoms with Crippen molar-refractivity contribution in [3.8, 4) is 0 Å². The van der Waals surface area contributed by atoms with Gasteiger partial charge in [-0.25, -0.2) is 0 Å². The van der Waals surface area contributed by atoms with Crippen LogP contribution < -0.4 is 5.73 Å². The lowest BCUT2D eigenvalue weighted by atomic mass is 9.75. The molecule has 0 saturated heterocycles. The van der Waals surface area contributed by atoms with Gasteiger partial charge in [0.15, 0.2) is 0 Å². The Hall–Kier alpha value is -0.800. The lowest BCUT2D eigenvalue weighted by Crippen LogP contribution is -2.45. The first-order chi connectivity index (χ1) is 9.44. The van der Waals surface area contributed by atoms with Gasteiger partial charge in [-0.2, -0.15) is 0 Å². The molecule has 0 amide bonds. The van der Waals surface area contributed by atoms with Gasteiger partial charge in [0.2, 0.25) is 0 Å². The normalized spacial score (nSPS) is 22.9. The topological polar surface area (TPSA) is 42.4 Å². The second kappa shape index (κ2) is 6.31. The summed E-state index contributed by atoms with van der Waals surface area (Å²) >= 11 is 0. The summed E-state index contributed by atoms with van der Waals surface area (Å²) in [6.07, 6.45) is 7.84. The zero-order valence-electron chi connectivity index (χ0n) is 13.4. The SMILES string of the molecule is CCC(N)C(c1ccco1)N(C)C1CCC(C)(C)CC1. The number of furan rings is 1. The van der Waals surface area contributed by atoms with Crippen LogP contribution in [0.3, 0.4) is 0 Å². The Balaban J connectivity index is 2.09. The summed E-state index contributed by atoms with van der Waals surface area (Å²) in [5, 5.41) is 0. The molecule has 2 unspecified atom stereocenters. The van der Waals surface area contributed by atoms with Gasteiger partial charge in [0.25, 0.3) is 0 Å². The average molecular weight is 278 g/mol. The zero-order chi connectivity index (χ0) is 14.8. The largest absolute Gasteiger partial charge is 0.468 e. The number of likely N-dealkylation sites (N-methyl/N-ethyl adjacent to an activating group) is 1. The zero-order valence-corrected chi connectivity index (χ0v) is 13.4. The molecule has 0 spiro atoms. The van der Waals surface area contributed by atoms with E-state index in [4.69, 9.17) is 10.2 Å². The van der Waals surface area contributed by atoms with E-state index >= 15 is 0 Å². The molecule has 1 saturated carbocycles. The molecule has 1 aliphatic carbocycles.